The predicted octanol–water partition coefficient (Wildman–Crippen LogP) is 2.62. The minimum atomic E-state index is -0.221. The highest BCUT2D eigenvalue weighted by Gasteiger charge is 2.11. The molecule has 2 N–H and O–H groups in total. The minimum Gasteiger partial charge on any atom is -0.370 e. The van der Waals surface area contributed by atoms with E-state index in [0.717, 1.165) is 12.8 Å². The van der Waals surface area contributed by atoms with E-state index in [9.17, 15) is 4.79 Å². The average molecular weight is 205 g/mol. The smallest absolute Gasteiger partial charge is 0.218 e. The lowest BCUT2D eigenvalue weighted by molar-refractivity contribution is -0.118. The van der Waals surface area contributed by atoms with Gasteiger partial charge in [-0.2, -0.15) is 0 Å². The van der Waals surface area contributed by atoms with E-state index < -0.39 is 0 Å². The first-order chi connectivity index (χ1) is 7.17. The molecule has 0 aliphatic rings. The first-order valence-corrected chi connectivity index (χ1v) is 5.54. The Morgan fingerprint density at radius 2 is 1.87 bits per heavy atom. The van der Waals surface area contributed by atoms with Crippen LogP contribution in [0.2, 0.25) is 0 Å². The van der Waals surface area contributed by atoms with Crippen molar-refractivity contribution in [1.82, 2.24) is 0 Å². The van der Waals surface area contributed by atoms with Gasteiger partial charge in [-0.25, -0.2) is 0 Å². The summed E-state index contributed by atoms with van der Waals surface area (Å²) < 4.78 is 0. The van der Waals surface area contributed by atoms with Crippen molar-refractivity contribution in [3.63, 3.8) is 0 Å². The third kappa shape index (κ3) is 3.39. The van der Waals surface area contributed by atoms with E-state index in [2.05, 4.69) is 38.1 Å². The minimum absolute atomic E-state index is 0.221. The number of amides is 1. The number of carbonyl (C=O) groups is 1. The molecule has 1 atom stereocenters. The summed E-state index contributed by atoms with van der Waals surface area (Å²) in [5, 5.41) is 0. The van der Waals surface area contributed by atoms with Crippen LogP contribution in [0.5, 0.6) is 0 Å². The second-order valence-corrected chi connectivity index (χ2v) is 3.87. The molecule has 0 saturated heterocycles. The monoisotopic (exact) mass is 205 g/mol. The summed E-state index contributed by atoms with van der Waals surface area (Å²) in [6.45, 7) is 4.22. The van der Waals surface area contributed by atoms with Gasteiger partial charge in [-0.3, -0.25) is 4.79 Å². The molecule has 0 bridgehead atoms. The van der Waals surface area contributed by atoms with Gasteiger partial charge >= 0.3 is 0 Å². The van der Waals surface area contributed by atoms with Crippen LogP contribution in [-0.2, 0) is 11.2 Å². The summed E-state index contributed by atoms with van der Waals surface area (Å²) in [6.07, 6.45) is 2.45. The molecule has 2 nitrogen and oxygen atoms in total. The number of carbonyl (C=O) groups excluding carboxylic acids is 1. The summed E-state index contributed by atoms with van der Waals surface area (Å²) in [4.78, 5) is 10.9. The molecule has 1 unspecified atom stereocenters. The van der Waals surface area contributed by atoms with Gasteiger partial charge in [0, 0.05) is 6.42 Å². The standard InChI is InChI=1S/C13H19NO/c1-3-10-5-7-12(8-6-10)11(4-2)9-13(14)15/h5-8,11H,3-4,9H2,1-2H3,(H2,14,15). The van der Waals surface area contributed by atoms with Gasteiger partial charge < -0.3 is 5.73 Å². The predicted molar refractivity (Wildman–Crippen MR) is 62.7 cm³/mol. The van der Waals surface area contributed by atoms with E-state index in [-0.39, 0.29) is 11.8 Å². The van der Waals surface area contributed by atoms with Crippen LogP contribution < -0.4 is 5.73 Å². The molecule has 1 amide bonds. The molecule has 0 aliphatic heterocycles. The van der Waals surface area contributed by atoms with Crippen molar-refractivity contribution in [3.8, 4) is 0 Å². The second-order valence-electron chi connectivity index (χ2n) is 3.87. The Morgan fingerprint density at radius 3 is 2.27 bits per heavy atom. The summed E-state index contributed by atoms with van der Waals surface area (Å²) >= 11 is 0. The Labute approximate surface area is 91.5 Å². The Balaban J connectivity index is 2.78. The topological polar surface area (TPSA) is 43.1 Å². The fraction of sp³-hybridized carbons (Fsp3) is 0.462. The lowest BCUT2D eigenvalue weighted by atomic mass is 9.92. The van der Waals surface area contributed by atoms with Gasteiger partial charge in [0.15, 0.2) is 0 Å². The van der Waals surface area contributed by atoms with E-state index in [1.54, 1.807) is 0 Å². The van der Waals surface area contributed by atoms with Gasteiger partial charge in [0.2, 0.25) is 5.91 Å². The highest BCUT2D eigenvalue weighted by molar-refractivity contribution is 5.74. The third-order valence-electron chi connectivity index (χ3n) is 2.80. The zero-order valence-corrected chi connectivity index (χ0v) is 9.49. The van der Waals surface area contributed by atoms with Gasteiger partial charge in [0.1, 0.15) is 0 Å². The summed E-state index contributed by atoms with van der Waals surface area (Å²) in [5.41, 5.74) is 7.77. The van der Waals surface area contributed by atoms with Gasteiger partial charge in [0.05, 0.1) is 0 Å². The van der Waals surface area contributed by atoms with Crippen LogP contribution in [-0.4, -0.2) is 5.91 Å². The first-order valence-electron chi connectivity index (χ1n) is 5.54. The molecule has 0 aliphatic carbocycles. The zero-order chi connectivity index (χ0) is 11.3. The quantitative estimate of drug-likeness (QED) is 0.789. The Hall–Kier alpha value is -1.31. The average Bonchev–Trinajstić information content (AvgIpc) is 2.26. The molecule has 1 rings (SSSR count). The number of benzene rings is 1. The van der Waals surface area contributed by atoms with Crippen molar-refractivity contribution >= 4 is 5.91 Å². The van der Waals surface area contributed by atoms with Crippen molar-refractivity contribution in [2.24, 2.45) is 5.73 Å². The molecule has 82 valence electrons. The molecule has 0 spiro atoms. The van der Waals surface area contributed by atoms with E-state index in [1.165, 1.54) is 11.1 Å². The number of aryl methyl sites for hydroxylation is 1. The SMILES string of the molecule is CCc1ccc(C(CC)CC(N)=O)cc1. The molecule has 1 aromatic rings. The first kappa shape index (κ1) is 11.8. The van der Waals surface area contributed by atoms with Crippen LogP contribution in [0.25, 0.3) is 0 Å². The second kappa shape index (κ2) is 5.54. The van der Waals surface area contributed by atoms with E-state index in [1.807, 2.05) is 0 Å². The van der Waals surface area contributed by atoms with Crippen molar-refractivity contribution < 1.29 is 4.79 Å². The molecule has 0 heterocycles. The number of hydrogen-bond acceptors (Lipinski definition) is 1. The maximum Gasteiger partial charge on any atom is 0.218 e. The molecular formula is C13H19NO. The van der Waals surface area contributed by atoms with Crippen LogP contribution in [0.3, 0.4) is 0 Å². The Bertz CT molecular complexity index is 316. The van der Waals surface area contributed by atoms with Gasteiger partial charge in [-0.05, 0) is 29.9 Å². The largest absolute Gasteiger partial charge is 0.370 e. The van der Waals surface area contributed by atoms with Crippen molar-refractivity contribution in [3.05, 3.63) is 35.4 Å². The zero-order valence-electron chi connectivity index (χ0n) is 9.49. The number of nitrogens with two attached hydrogens (primary N) is 1. The van der Waals surface area contributed by atoms with Crippen LogP contribution in [0.4, 0.5) is 0 Å². The van der Waals surface area contributed by atoms with Gasteiger partial charge in [-0.1, -0.05) is 38.1 Å². The van der Waals surface area contributed by atoms with Crippen LogP contribution >= 0.6 is 0 Å². The number of primary amides is 1. The lowest BCUT2D eigenvalue weighted by Gasteiger charge is -2.13. The van der Waals surface area contributed by atoms with Crippen molar-refractivity contribution in [1.29, 1.82) is 0 Å². The third-order valence-corrected chi connectivity index (χ3v) is 2.80. The highest BCUT2D eigenvalue weighted by Crippen LogP contribution is 2.23. The molecule has 0 radical (unpaired) electrons. The molecular weight excluding hydrogens is 186 g/mol. The molecule has 1 aromatic carbocycles. The van der Waals surface area contributed by atoms with E-state index in [4.69, 9.17) is 5.73 Å². The maximum atomic E-state index is 10.9. The van der Waals surface area contributed by atoms with Gasteiger partial charge in [0.25, 0.3) is 0 Å². The normalized spacial score (nSPS) is 12.4. The number of rotatable bonds is 5. The molecule has 0 saturated carbocycles. The van der Waals surface area contributed by atoms with Crippen LogP contribution in [0.1, 0.15) is 43.7 Å². The van der Waals surface area contributed by atoms with Crippen molar-refractivity contribution in [2.45, 2.75) is 39.0 Å². The summed E-state index contributed by atoms with van der Waals surface area (Å²) in [5.74, 6) is 0.0508. The molecule has 2 heteroatoms. The summed E-state index contributed by atoms with van der Waals surface area (Å²) in [7, 11) is 0. The maximum absolute atomic E-state index is 10.9. The Kier molecular flexibility index (Phi) is 4.35. The fourth-order valence-corrected chi connectivity index (χ4v) is 1.77. The fourth-order valence-electron chi connectivity index (χ4n) is 1.77. The van der Waals surface area contributed by atoms with E-state index in [0.29, 0.717) is 6.42 Å². The summed E-state index contributed by atoms with van der Waals surface area (Å²) in [6, 6.07) is 8.46. The van der Waals surface area contributed by atoms with E-state index >= 15 is 0 Å². The van der Waals surface area contributed by atoms with Gasteiger partial charge in [-0.15, -0.1) is 0 Å². The van der Waals surface area contributed by atoms with Crippen LogP contribution in [0, 0.1) is 0 Å². The van der Waals surface area contributed by atoms with Crippen molar-refractivity contribution in [2.75, 3.05) is 0 Å². The molecule has 15 heavy (non-hydrogen) atoms. The molecule has 0 fully saturated rings. The Morgan fingerprint density at radius 1 is 1.27 bits per heavy atom. The lowest BCUT2D eigenvalue weighted by Crippen LogP contribution is -2.14. The van der Waals surface area contributed by atoms with Crippen LogP contribution in [0.15, 0.2) is 24.3 Å². The molecule has 0 aromatic heterocycles. The number of hydrogen-bond donors (Lipinski definition) is 1. The highest BCUT2D eigenvalue weighted by atomic mass is 16.1.